The van der Waals surface area contributed by atoms with Crippen LogP contribution in [-0.4, -0.2) is 38.9 Å². The average Bonchev–Trinajstić information content (AvgIpc) is 3.01. The molecule has 3 heterocycles. The van der Waals surface area contributed by atoms with E-state index in [0.29, 0.717) is 17.8 Å². The second-order valence-corrected chi connectivity index (χ2v) is 5.44. The van der Waals surface area contributed by atoms with E-state index in [1.165, 1.54) is 10.9 Å². The third-order valence-corrected chi connectivity index (χ3v) is 3.84. The highest BCUT2D eigenvalue weighted by molar-refractivity contribution is 6.22. The first-order valence-electron chi connectivity index (χ1n) is 6.42. The molecule has 1 unspecified atom stereocenters. The van der Waals surface area contributed by atoms with Gasteiger partial charge in [-0.05, 0) is 12.8 Å². The van der Waals surface area contributed by atoms with Gasteiger partial charge in [0.05, 0.1) is 5.56 Å². The molecular formula is C12H15ClN4O2. The van der Waals surface area contributed by atoms with E-state index in [-0.39, 0.29) is 23.5 Å². The lowest BCUT2D eigenvalue weighted by atomic mass is 10.2. The zero-order valence-corrected chi connectivity index (χ0v) is 11.2. The Morgan fingerprint density at radius 3 is 2.95 bits per heavy atom. The first kappa shape index (κ1) is 12.5. The summed E-state index contributed by atoms with van der Waals surface area (Å²) in [6, 6.07) is 0. The molecule has 2 aliphatic heterocycles. The molecule has 0 aliphatic carbocycles. The molecule has 1 N–H and O–H groups in total. The van der Waals surface area contributed by atoms with Crippen LogP contribution in [0.1, 0.15) is 18.4 Å². The predicted octanol–water partition coefficient (Wildman–Crippen LogP) is 0.399. The lowest BCUT2D eigenvalue weighted by molar-refractivity contribution is -0.130. The van der Waals surface area contributed by atoms with Crippen LogP contribution in [0.25, 0.3) is 0 Å². The molecule has 7 heteroatoms. The van der Waals surface area contributed by atoms with Crippen molar-refractivity contribution in [2.75, 3.05) is 18.4 Å². The molecule has 0 aromatic carbocycles. The molecule has 0 saturated carbocycles. The summed E-state index contributed by atoms with van der Waals surface area (Å²) >= 11 is 5.94. The Kier molecular flexibility index (Phi) is 3.18. The normalized spacial score (nSPS) is 21.3. The van der Waals surface area contributed by atoms with Gasteiger partial charge in [-0.3, -0.25) is 14.2 Å². The van der Waals surface area contributed by atoms with Crippen molar-refractivity contribution in [2.45, 2.75) is 31.3 Å². The molecule has 0 bridgehead atoms. The summed E-state index contributed by atoms with van der Waals surface area (Å²) in [4.78, 5) is 30.2. The maximum Gasteiger partial charge on any atom is 0.259 e. The van der Waals surface area contributed by atoms with Gasteiger partial charge < -0.3 is 10.2 Å². The third kappa shape index (κ3) is 2.32. The fourth-order valence-electron chi connectivity index (χ4n) is 2.54. The first-order valence-corrected chi connectivity index (χ1v) is 6.85. The van der Waals surface area contributed by atoms with Gasteiger partial charge in [0.1, 0.15) is 24.2 Å². The maximum absolute atomic E-state index is 12.2. The summed E-state index contributed by atoms with van der Waals surface area (Å²) in [5.41, 5.74) is 0.102. The molecule has 1 fully saturated rings. The Morgan fingerprint density at radius 1 is 1.47 bits per heavy atom. The van der Waals surface area contributed by atoms with E-state index in [4.69, 9.17) is 11.6 Å². The molecule has 6 nitrogen and oxygen atoms in total. The van der Waals surface area contributed by atoms with Gasteiger partial charge in [-0.1, -0.05) is 11.6 Å². The Balaban J connectivity index is 1.81. The summed E-state index contributed by atoms with van der Waals surface area (Å²) in [6.07, 6.45) is 3.94. The van der Waals surface area contributed by atoms with Gasteiger partial charge in [-0.25, -0.2) is 4.98 Å². The van der Waals surface area contributed by atoms with Crippen LogP contribution in [0.15, 0.2) is 11.1 Å². The van der Waals surface area contributed by atoms with Crippen LogP contribution in [0.2, 0.25) is 0 Å². The van der Waals surface area contributed by atoms with Gasteiger partial charge in [-0.2, -0.15) is 0 Å². The number of alkyl halides is 1. The SMILES string of the molecule is O=C(Cn1cnc2c(c1=O)CC(Cl)N2)N1CCCC1. The number of likely N-dealkylation sites (tertiary alicyclic amines) is 1. The molecule has 1 aromatic rings. The maximum atomic E-state index is 12.2. The minimum absolute atomic E-state index is 0.0188. The summed E-state index contributed by atoms with van der Waals surface area (Å²) in [7, 11) is 0. The number of halogens is 1. The zero-order valence-electron chi connectivity index (χ0n) is 10.4. The smallest absolute Gasteiger partial charge is 0.259 e. The summed E-state index contributed by atoms with van der Waals surface area (Å²) in [6.45, 7) is 1.64. The van der Waals surface area contributed by atoms with E-state index in [0.717, 1.165) is 25.9 Å². The van der Waals surface area contributed by atoms with E-state index in [1.807, 2.05) is 0 Å². The number of hydrogen-bond donors (Lipinski definition) is 1. The largest absolute Gasteiger partial charge is 0.353 e. The predicted molar refractivity (Wildman–Crippen MR) is 71.3 cm³/mol. The van der Waals surface area contributed by atoms with Crippen LogP contribution in [-0.2, 0) is 17.8 Å². The fourth-order valence-corrected chi connectivity index (χ4v) is 2.80. The summed E-state index contributed by atoms with van der Waals surface area (Å²) < 4.78 is 1.37. The lowest BCUT2D eigenvalue weighted by Crippen LogP contribution is -2.35. The van der Waals surface area contributed by atoms with Crippen molar-refractivity contribution in [3.05, 3.63) is 22.2 Å². The van der Waals surface area contributed by atoms with E-state index in [9.17, 15) is 9.59 Å². The third-order valence-electron chi connectivity index (χ3n) is 3.57. The van der Waals surface area contributed by atoms with Gasteiger partial charge in [0.15, 0.2) is 0 Å². The van der Waals surface area contributed by atoms with Crippen molar-refractivity contribution < 1.29 is 4.79 Å². The second kappa shape index (κ2) is 4.85. The number of nitrogens with zero attached hydrogens (tertiary/aromatic N) is 3. The van der Waals surface area contributed by atoms with E-state index < -0.39 is 0 Å². The van der Waals surface area contributed by atoms with Crippen LogP contribution in [0, 0.1) is 0 Å². The van der Waals surface area contributed by atoms with E-state index in [2.05, 4.69) is 10.3 Å². The molecule has 0 radical (unpaired) electrons. The minimum atomic E-state index is -0.291. The van der Waals surface area contributed by atoms with Gasteiger partial charge in [-0.15, -0.1) is 0 Å². The molecule has 2 aliphatic rings. The van der Waals surface area contributed by atoms with Crippen molar-refractivity contribution in [3.8, 4) is 0 Å². The van der Waals surface area contributed by atoms with E-state index in [1.54, 1.807) is 4.90 Å². The van der Waals surface area contributed by atoms with Gasteiger partial charge in [0, 0.05) is 19.5 Å². The Labute approximate surface area is 115 Å². The molecular weight excluding hydrogens is 268 g/mol. The Hall–Kier alpha value is -1.56. The number of anilines is 1. The first-order chi connectivity index (χ1) is 9.15. The monoisotopic (exact) mass is 282 g/mol. The van der Waals surface area contributed by atoms with Gasteiger partial charge in [0.2, 0.25) is 5.91 Å². The topological polar surface area (TPSA) is 67.2 Å². The summed E-state index contributed by atoms with van der Waals surface area (Å²) in [5.74, 6) is 0.518. The Bertz CT molecular complexity index is 565. The average molecular weight is 283 g/mol. The van der Waals surface area contributed by atoms with Crippen molar-refractivity contribution in [3.63, 3.8) is 0 Å². The van der Waals surface area contributed by atoms with Crippen LogP contribution >= 0.6 is 11.6 Å². The number of aromatic nitrogens is 2. The van der Waals surface area contributed by atoms with Gasteiger partial charge >= 0.3 is 0 Å². The number of fused-ring (bicyclic) bond motifs is 1. The number of carbonyl (C=O) groups is 1. The molecule has 1 saturated heterocycles. The molecule has 0 spiro atoms. The minimum Gasteiger partial charge on any atom is -0.353 e. The molecule has 19 heavy (non-hydrogen) atoms. The number of rotatable bonds is 2. The number of nitrogens with one attached hydrogen (secondary N) is 1. The van der Waals surface area contributed by atoms with Crippen LogP contribution in [0.3, 0.4) is 0 Å². The van der Waals surface area contributed by atoms with Crippen molar-refractivity contribution in [1.29, 1.82) is 0 Å². The van der Waals surface area contributed by atoms with Crippen LogP contribution < -0.4 is 10.9 Å². The number of hydrogen-bond acceptors (Lipinski definition) is 4. The van der Waals surface area contributed by atoms with Crippen LogP contribution in [0.4, 0.5) is 5.82 Å². The number of amides is 1. The molecule has 1 atom stereocenters. The highest BCUT2D eigenvalue weighted by Crippen LogP contribution is 2.21. The number of carbonyl (C=O) groups excluding carboxylic acids is 1. The quantitative estimate of drug-likeness (QED) is 0.630. The second-order valence-electron chi connectivity index (χ2n) is 4.91. The van der Waals surface area contributed by atoms with Gasteiger partial charge in [0.25, 0.3) is 5.56 Å². The molecule has 1 aromatic heterocycles. The Morgan fingerprint density at radius 2 is 2.21 bits per heavy atom. The summed E-state index contributed by atoms with van der Waals surface area (Å²) in [5, 5.41) is 2.92. The molecule has 1 amide bonds. The lowest BCUT2D eigenvalue weighted by Gasteiger charge is -2.16. The zero-order chi connectivity index (χ0) is 13.4. The van der Waals surface area contributed by atoms with Crippen molar-refractivity contribution in [1.82, 2.24) is 14.5 Å². The van der Waals surface area contributed by atoms with Crippen LogP contribution in [0.5, 0.6) is 0 Å². The van der Waals surface area contributed by atoms with E-state index >= 15 is 0 Å². The molecule has 102 valence electrons. The molecule has 3 rings (SSSR count). The standard InChI is InChI=1S/C12H15ClN4O2/c13-9-5-8-11(15-9)14-7-17(12(8)19)6-10(18)16-3-1-2-4-16/h7,9,15H,1-6H2. The van der Waals surface area contributed by atoms with Crippen molar-refractivity contribution >= 4 is 23.3 Å². The fraction of sp³-hybridized carbons (Fsp3) is 0.583. The highest BCUT2D eigenvalue weighted by atomic mass is 35.5. The van der Waals surface area contributed by atoms with Crippen molar-refractivity contribution in [2.24, 2.45) is 0 Å². The highest BCUT2D eigenvalue weighted by Gasteiger charge is 2.25.